The van der Waals surface area contributed by atoms with Gasteiger partial charge in [0, 0.05) is 25.4 Å². The van der Waals surface area contributed by atoms with Crippen molar-refractivity contribution >= 4 is 28.3 Å². The average Bonchev–Trinajstić information content (AvgIpc) is 2.40. The van der Waals surface area contributed by atoms with Crippen LogP contribution < -0.4 is 10.2 Å². The van der Waals surface area contributed by atoms with Gasteiger partial charge in [-0.3, -0.25) is 4.79 Å². The molecule has 4 nitrogen and oxygen atoms in total. The molecular weight excluding hydrogens is 238 g/mol. The molecule has 0 bridgehead atoms. The molecule has 0 fully saturated rings. The fourth-order valence-electron chi connectivity index (χ4n) is 2.15. The Morgan fingerprint density at radius 2 is 1.95 bits per heavy atom. The van der Waals surface area contributed by atoms with E-state index in [4.69, 9.17) is 0 Å². The van der Waals surface area contributed by atoms with Gasteiger partial charge in [-0.15, -0.1) is 0 Å². The zero-order chi connectivity index (χ0) is 13.8. The first-order valence-electron chi connectivity index (χ1n) is 6.58. The molecule has 0 aliphatic rings. The number of carbonyl (C=O) groups is 1. The van der Waals surface area contributed by atoms with Gasteiger partial charge in [0.15, 0.2) is 0 Å². The van der Waals surface area contributed by atoms with Crippen LogP contribution in [0, 0.1) is 0 Å². The second-order valence-corrected chi connectivity index (χ2v) is 4.40. The predicted molar refractivity (Wildman–Crippen MR) is 79.6 cm³/mol. The van der Waals surface area contributed by atoms with Gasteiger partial charge < -0.3 is 10.2 Å². The molecule has 1 heterocycles. The summed E-state index contributed by atoms with van der Waals surface area (Å²) in [7, 11) is 0. The lowest BCUT2D eigenvalue weighted by atomic mass is 10.2. The van der Waals surface area contributed by atoms with Crippen molar-refractivity contribution in [3.63, 3.8) is 0 Å². The van der Waals surface area contributed by atoms with Crippen molar-refractivity contribution in [3.8, 4) is 0 Å². The molecule has 0 saturated heterocycles. The predicted octanol–water partition coefficient (Wildman–Crippen LogP) is 3.04. The Morgan fingerprint density at radius 3 is 2.58 bits per heavy atom. The minimum atomic E-state index is -0.0810. The minimum absolute atomic E-state index is 0.0810. The van der Waals surface area contributed by atoms with Gasteiger partial charge >= 0.3 is 0 Å². The number of fused-ring (bicyclic) bond motifs is 1. The molecule has 0 unspecified atom stereocenters. The Kier molecular flexibility index (Phi) is 4.00. The summed E-state index contributed by atoms with van der Waals surface area (Å²) in [4.78, 5) is 18.1. The molecule has 1 N–H and O–H groups in total. The fourth-order valence-corrected chi connectivity index (χ4v) is 2.15. The van der Waals surface area contributed by atoms with Crippen LogP contribution in [0.3, 0.4) is 0 Å². The van der Waals surface area contributed by atoms with E-state index < -0.39 is 0 Å². The molecule has 100 valence electrons. The number of anilines is 2. The van der Waals surface area contributed by atoms with Crippen molar-refractivity contribution in [1.82, 2.24) is 4.98 Å². The second-order valence-electron chi connectivity index (χ2n) is 4.40. The summed E-state index contributed by atoms with van der Waals surface area (Å²) in [5.41, 5.74) is 1.60. The van der Waals surface area contributed by atoms with Crippen LogP contribution in [0.15, 0.2) is 30.3 Å². The Balaban J connectivity index is 2.52. The first kappa shape index (κ1) is 13.3. The third-order valence-electron chi connectivity index (χ3n) is 3.10. The van der Waals surface area contributed by atoms with Crippen LogP contribution in [0.5, 0.6) is 0 Å². The highest BCUT2D eigenvalue weighted by Crippen LogP contribution is 2.24. The number of amides is 1. The fraction of sp³-hybridized carbons (Fsp3) is 0.333. The number of carbonyl (C=O) groups excluding carboxylic acids is 1. The molecule has 4 heteroatoms. The number of pyridine rings is 1. The molecule has 2 aromatic rings. The molecule has 1 amide bonds. The largest absolute Gasteiger partial charge is 0.357 e. The van der Waals surface area contributed by atoms with E-state index in [1.54, 1.807) is 0 Å². The molecule has 0 spiro atoms. The minimum Gasteiger partial charge on any atom is -0.357 e. The van der Waals surface area contributed by atoms with E-state index in [9.17, 15) is 4.79 Å². The molecule has 0 radical (unpaired) electrons. The number of nitrogens with zero attached hydrogens (tertiary/aromatic N) is 2. The second kappa shape index (κ2) is 5.69. The number of aromatic nitrogens is 1. The van der Waals surface area contributed by atoms with Gasteiger partial charge in [0.2, 0.25) is 5.91 Å². The van der Waals surface area contributed by atoms with E-state index in [-0.39, 0.29) is 5.91 Å². The normalized spacial score (nSPS) is 10.5. The lowest BCUT2D eigenvalue weighted by molar-refractivity contribution is -0.114. The van der Waals surface area contributed by atoms with Crippen molar-refractivity contribution in [1.29, 1.82) is 0 Å². The topological polar surface area (TPSA) is 45.2 Å². The first-order valence-corrected chi connectivity index (χ1v) is 6.58. The Morgan fingerprint density at radius 1 is 1.21 bits per heavy atom. The van der Waals surface area contributed by atoms with Gasteiger partial charge in [0.25, 0.3) is 0 Å². The van der Waals surface area contributed by atoms with E-state index in [1.807, 2.05) is 30.3 Å². The number of rotatable bonds is 4. The summed E-state index contributed by atoms with van der Waals surface area (Å²) in [6, 6.07) is 9.86. The SMILES string of the molecule is CCN(CC)c1ccc2cccc(NC(C)=O)c2n1. The number of hydrogen-bond acceptors (Lipinski definition) is 3. The third-order valence-corrected chi connectivity index (χ3v) is 3.10. The Labute approximate surface area is 113 Å². The zero-order valence-electron chi connectivity index (χ0n) is 11.6. The maximum absolute atomic E-state index is 11.2. The highest BCUT2D eigenvalue weighted by Gasteiger charge is 2.08. The number of hydrogen-bond donors (Lipinski definition) is 1. The van der Waals surface area contributed by atoms with Crippen molar-refractivity contribution in [3.05, 3.63) is 30.3 Å². The lowest BCUT2D eigenvalue weighted by Crippen LogP contribution is -2.22. The van der Waals surface area contributed by atoms with E-state index in [1.165, 1.54) is 6.92 Å². The van der Waals surface area contributed by atoms with Crippen molar-refractivity contribution in [2.24, 2.45) is 0 Å². The average molecular weight is 257 g/mol. The molecule has 1 aromatic carbocycles. The molecule has 0 saturated carbocycles. The van der Waals surface area contributed by atoms with Gasteiger partial charge in [-0.1, -0.05) is 12.1 Å². The van der Waals surface area contributed by atoms with Crippen LogP contribution in [0.2, 0.25) is 0 Å². The molecule has 19 heavy (non-hydrogen) atoms. The molecule has 0 atom stereocenters. The standard InChI is InChI=1S/C15H19N3O/c1-4-18(5-2)14-10-9-12-7-6-8-13(15(12)17-14)16-11(3)19/h6-10H,4-5H2,1-3H3,(H,16,19). The monoisotopic (exact) mass is 257 g/mol. The van der Waals surface area contributed by atoms with Gasteiger partial charge in [-0.05, 0) is 32.0 Å². The summed E-state index contributed by atoms with van der Waals surface area (Å²) < 4.78 is 0. The van der Waals surface area contributed by atoms with Crippen molar-refractivity contribution in [2.45, 2.75) is 20.8 Å². The smallest absolute Gasteiger partial charge is 0.221 e. The van der Waals surface area contributed by atoms with Crippen LogP contribution in [-0.2, 0) is 4.79 Å². The zero-order valence-corrected chi connectivity index (χ0v) is 11.6. The van der Waals surface area contributed by atoms with Crippen LogP contribution in [0.1, 0.15) is 20.8 Å². The highest BCUT2D eigenvalue weighted by atomic mass is 16.1. The number of benzene rings is 1. The van der Waals surface area contributed by atoms with Gasteiger partial charge in [0.05, 0.1) is 11.2 Å². The molecule has 0 aliphatic carbocycles. The summed E-state index contributed by atoms with van der Waals surface area (Å²) in [6.07, 6.45) is 0. The molecule has 1 aromatic heterocycles. The van der Waals surface area contributed by atoms with Gasteiger partial charge in [0.1, 0.15) is 5.82 Å². The quantitative estimate of drug-likeness (QED) is 0.915. The Hall–Kier alpha value is -2.10. The van der Waals surface area contributed by atoms with Crippen molar-refractivity contribution < 1.29 is 4.79 Å². The molecular formula is C15H19N3O. The molecule has 0 aliphatic heterocycles. The summed E-state index contributed by atoms with van der Waals surface area (Å²) in [5.74, 6) is 0.859. The maximum atomic E-state index is 11.2. The number of para-hydroxylation sites is 1. The van der Waals surface area contributed by atoms with Gasteiger partial charge in [-0.25, -0.2) is 4.98 Å². The highest BCUT2D eigenvalue weighted by molar-refractivity contribution is 5.99. The summed E-state index contributed by atoms with van der Waals surface area (Å²) in [5, 5.41) is 3.86. The van der Waals surface area contributed by atoms with Crippen LogP contribution in [0.25, 0.3) is 10.9 Å². The van der Waals surface area contributed by atoms with Gasteiger partial charge in [-0.2, -0.15) is 0 Å². The third kappa shape index (κ3) is 2.84. The number of nitrogens with one attached hydrogen (secondary N) is 1. The summed E-state index contributed by atoms with van der Waals surface area (Å²) in [6.45, 7) is 7.55. The van der Waals surface area contributed by atoms with Crippen LogP contribution >= 0.6 is 0 Å². The van der Waals surface area contributed by atoms with E-state index >= 15 is 0 Å². The summed E-state index contributed by atoms with van der Waals surface area (Å²) >= 11 is 0. The van der Waals surface area contributed by atoms with E-state index in [2.05, 4.69) is 29.0 Å². The van der Waals surface area contributed by atoms with E-state index in [0.29, 0.717) is 0 Å². The Bertz CT molecular complexity index is 591. The molecule has 2 rings (SSSR count). The van der Waals surface area contributed by atoms with Crippen LogP contribution in [-0.4, -0.2) is 24.0 Å². The van der Waals surface area contributed by atoms with Crippen molar-refractivity contribution in [2.75, 3.05) is 23.3 Å². The van der Waals surface area contributed by atoms with Crippen LogP contribution in [0.4, 0.5) is 11.5 Å². The maximum Gasteiger partial charge on any atom is 0.221 e. The lowest BCUT2D eigenvalue weighted by Gasteiger charge is -2.20. The first-order chi connectivity index (χ1) is 9.15. The van der Waals surface area contributed by atoms with E-state index in [0.717, 1.165) is 35.5 Å².